The summed E-state index contributed by atoms with van der Waals surface area (Å²) in [6.07, 6.45) is 1.63. The SMILES string of the molecule is CN1CCN(Cc2ccnc(Cl)n2)C(C)(C)C1=O. The van der Waals surface area contributed by atoms with E-state index in [4.69, 9.17) is 11.6 Å². The van der Waals surface area contributed by atoms with Crippen molar-refractivity contribution in [1.29, 1.82) is 0 Å². The minimum absolute atomic E-state index is 0.133. The van der Waals surface area contributed by atoms with Gasteiger partial charge in [-0.3, -0.25) is 9.69 Å². The lowest BCUT2D eigenvalue weighted by molar-refractivity contribution is -0.147. The summed E-state index contributed by atoms with van der Waals surface area (Å²) < 4.78 is 0. The molecule has 0 radical (unpaired) electrons. The molecule has 1 aromatic heterocycles. The Bertz CT molecular complexity index is 463. The molecule has 2 rings (SSSR count). The number of carbonyl (C=O) groups excluding carboxylic acids is 1. The van der Waals surface area contributed by atoms with Crippen molar-refractivity contribution in [3.05, 3.63) is 23.2 Å². The minimum Gasteiger partial charge on any atom is -0.343 e. The smallest absolute Gasteiger partial charge is 0.242 e. The monoisotopic (exact) mass is 268 g/mol. The molecule has 98 valence electrons. The molecule has 1 amide bonds. The molecule has 1 aromatic rings. The lowest BCUT2D eigenvalue weighted by Gasteiger charge is -2.44. The maximum absolute atomic E-state index is 12.1. The fourth-order valence-electron chi connectivity index (χ4n) is 2.18. The molecule has 5 nitrogen and oxygen atoms in total. The lowest BCUT2D eigenvalue weighted by atomic mass is 9.97. The normalized spacial score (nSPS) is 20.2. The van der Waals surface area contributed by atoms with Crippen LogP contribution in [0.3, 0.4) is 0 Å². The van der Waals surface area contributed by atoms with E-state index in [1.165, 1.54) is 0 Å². The van der Waals surface area contributed by atoms with E-state index in [0.29, 0.717) is 6.54 Å². The minimum atomic E-state index is -0.509. The zero-order chi connectivity index (χ0) is 13.3. The van der Waals surface area contributed by atoms with Gasteiger partial charge < -0.3 is 4.90 Å². The molecule has 2 heterocycles. The number of nitrogens with zero attached hydrogens (tertiary/aromatic N) is 4. The summed E-state index contributed by atoms with van der Waals surface area (Å²) >= 11 is 5.77. The molecule has 1 saturated heterocycles. The summed E-state index contributed by atoms with van der Waals surface area (Å²) in [7, 11) is 1.84. The van der Waals surface area contributed by atoms with Crippen LogP contribution in [0.4, 0.5) is 0 Å². The highest BCUT2D eigenvalue weighted by molar-refractivity contribution is 6.28. The van der Waals surface area contributed by atoms with Crippen molar-refractivity contribution in [3.8, 4) is 0 Å². The molecule has 1 aliphatic heterocycles. The topological polar surface area (TPSA) is 49.3 Å². The Morgan fingerprint density at radius 2 is 2.17 bits per heavy atom. The van der Waals surface area contributed by atoms with Crippen molar-refractivity contribution < 1.29 is 4.79 Å². The van der Waals surface area contributed by atoms with Crippen LogP contribution < -0.4 is 0 Å². The quantitative estimate of drug-likeness (QED) is 0.756. The first-order valence-corrected chi connectivity index (χ1v) is 6.27. The van der Waals surface area contributed by atoms with Crippen LogP contribution in [0.1, 0.15) is 19.5 Å². The van der Waals surface area contributed by atoms with Gasteiger partial charge in [-0.15, -0.1) is 0 Å². The molecule has 0 atom stereocenters. The van der Waals surface area contributed by atoms with Crippen LogP contribution in [0.15, 0.2) is 12.3 Å². The van der Waals surface area contributed by atoms with Crippen LogP contribution in [0, 0.1) is 0 Å². The summed E-state index contributed by atoms with van der Waals surface area (Å²) in [6, 6.07) is 1.82. The summed E-state index contributed by atoms with van der Waals surface area (Å²) in [5, 5.41) is 0.241. The molecule has 1 aliphatic rings. The van der Waals surface area contributed by atoms with Gasteiger partial charge in [0.25, 0.3) is 0 Å². The highest BCUT2D eigenvalue weighted by Gasteiger charge is 2.40. The van der Waals surface area contributed by atoms with Gasteiger partial charge in [0.2, 0.25) is 11.2 Å². The molecule has 0 aliphatic carbocycles. The maximum Gasteiger partial charge on any atom is 0.242 e. The molecule has 0 bridgehead atoms. The second kappa shape index (κ2) is 4.82. The average Bonchev–Trinajstić information content (AvgIpc) is 2.31. The summed E-state index contributed by atoms with van der Waals surface area (Å²) in [5.74, 6) is 0.133. The van der Waals surface area contributed by atoms with Crippen molar-refractivity contribution in [2.24, 2.45) is 0 Å². The first kappa shape index (κ1) is 13.2. The molecule has 6 heteroatoms. The van der Waals surface area contributed by atoms with Gasteiger partial charge in [-0.25, -0.2) is 9.97 Å². The van der Waals surface area contributed by atoms with Gasteiger partial charge in [0.1, 0.15) is 0 Å². The van der Waals surface area contributed by atoms with E-state index >= 15 is 0 Å². The van der Waals surface area contributed by atoms with E-state index in [1.54, 1.807) is 11.1 Å². The zero-order valence-electron chi connectivity index (χ0n) is 10.9. The lowest BCUT2D eigenvalue weighted by Crippen LogP contribution is -2.61. The third kappa shape index (κ3) is 2.47. The molecule has 0 saturated carbocycles. The Kier molecular flexibility index (Phi) is 3.54. The van der Waals surface area contributed by atoms with Gasteiger partial charge in [0.05, 0.1) is 11.2 Å². The number of carbonyl (C=O) groups is 1. The Morgan fingerprint density at radius 3 is 2.83 bits per heavy atom. The van der Waals surface area contributed by atoms with E-state index in [1.807, 2.05) is 27.0 Å². The number of piperazine rings is 1. The molecular formula is C12H17ClN4O. The third-order valence-electron chi connectivity index (χ3n) is 3.40. The highest BCUT2D eigenvalue weighted by atomic mass is 35.5. The summed E-state index contributed by atoms with van der Waals surface area (Å²) in [4.78, 5) is 24.0. The van der Waals surface area contributed by atoms with Crippen LogP contribution in [-0.2, 0) is 11.3 Å². The van der Waals surface area contributed by atoms with Crippen molar-refractivity contribution in [2.45, 2.75) is 25.9 Å². The fraction of sp³-hybridized carbons (Fsp3) is 0.583. The predicted molar refractivity (Wildman–Crippen MR) is 69.2 cm³/mol. The highest BCUT2D eigenvalue weighted by Crippen LogP contribution is 2.23. The third-order valence-corrected chi connectivity index (χ3v) is 3.58. The molecule has 0 unspecified atom stereocenters. The molecular weight excluding hydrogens is 252 g/mol. The predicted octanol–water partition coefficient (Wildman–Crippen LogP) is 1.18. The second-order valence-corrected chi connectivity index (χ2v) is 5.36. The maximum atomic E-state index is 12.1. The summed E-state index contributed by atoms with van der Waals surface area (Å²) in [6.45, 7) is 6.05. The first-order valence-electron chi connectivity index (χ1n) is 5.89. The van der Waals surface area contributed by atoms with Crippen molar-refractivity contribution in [3.63, 3.8) is 0 Å². The van der Waals surface area contributed by atoms with Crippen LogP contribution in [0.2, 0.25) is 5.28 Å². The van der Waals surface area contributed by atoms with Gasteiger partial charge in [-0.2, -0.15) is 0 Å². The molecule has 0 N–H and O–H groups in total. The Hall–Kier alpha value is -1.20. The molecule has 0 aromatic carbocycles. The Morgan fingerprint density at radius 1 is 1.44 bits per heavy atom. The largest absolute Gasteiger partial charge is 0.343 e. The number of halogens is 1. The van der Waals surface area contributed by atoms with Crippen LogP contribution in [-0.4, -0.2) is 51.4 Å². The molecule has 0 spiro atoms. The van der Waals surface area contributed by atoms with E-state index in [2.05, 4.69) is 14.9 Å². The van der Waals surface area contributed by atoms with Crippen LogP contribution in [0.5, 0.6) is 0 Å². The zero-order valence-corrected chi connectivity index (χ0v) is 11.6. The van der Waals surface area contributed by atoms with Crippen molar-refractivity contribution >= 4 is 17.5 Å². The average molecular weight is 269 g/mol. The van der Waals surface area contributed by atoms with Crippen molar-refractivity contribution in [2.75, 3.05) is 20.1 Å². The van der Waals surface area contributed by atoms with E-state index in [0.717, 1.165) is 18.8 Å². The van der Waals surface area contributed by atoms with E-state index in [9.17, 15) is 4.79 Å². The van der Waals surface area contributed by atoms with Crippen LogP contribution >= 0.6 is 11.6 Å². The molecule has 18 heavy (non-hydrogen) atoms. The number of hydrogen-bond acceptors (Lipinski definition) is 4. The second-order valence-electron chi connectivity index (χ2n) is 5.02. The molecule has 1 fully saturated rings. The van der Waals surface area contributed by atoms with Gasteiger partial charge in [0, 0.05) is 32.9 Å². The first-order chi connectivity index (χ1) is 8.41. The number of likely N-dealkylation sites (N-methyl/N-ethyl adjacent to an activating group) is 1. The standard InChI is InChI=1S/C12H17ClN4O/c1-12(2)10(18)16(3)6-7-17(12)8-9-4-5-14-11(13)15-9/h4-5H,6-8H2,1-3H3. The van der Waals surface area contributed by atoms with E-state index < -0.39 is 5.54 Å². The van der Waals surface area contributed by atoms with Gasteiger partial charge >= 0.3 is 0 Å². The van der Waals surface area contributed by atoms with Crippen molar-refractivity contribution in [1.82, 2.24) is 19.8 Å². The van der Waals surface area contributed by atoms with Crippen LogP contribution in [0.25, 0.3) is 0 Å². The number of amides is 1. The van der Waals surface area contributed by atoms with Gasteiger partial charge in [-0.1, -0.05) is 0 Å². The van der Waals surface area contributed by atoms with Gasteiger partial charge in [-0.05, 0) is 31.5 Å². The number of rotatable bonds is 2. The van der Waals surface area contributed by atoms with Gasteiger partial charge in [0.15, 0.2) is 0 Å². The summed E-state index contributed by atoms with van der Waals surface area (Å²) in [5.41, 5.74) is 0.324. The number of hydrogen-bond donors (Lipinski definition) is 0. The van der Waals surface area contributed by atoms with E-state index in [-0.39, 0.29) is 11.2 Å². The Balaban J connectivity index is 2.16. The number of aromatic nitrogens is 2. The fourth-order valence-corrected chi connectivity index (χ4v) is 2.35. The Labute approximate surface area is 112 Å².